The number of phenolic OH excluding ortho intramolecular Hbond substituents is 1. The maximum absolute atomic E-state index is 15.3. The monoisotopic (exact) mass is 488 g/mol. The number of hydrogen-bond acceptors (Lipinski definition) is 2. The van der Waals surface area contributed by atoms with Gasteiger partial charge in [0.2, 0.25) is 0 Å². The fourth-order valence-electron chi connectivity index (χ4n) is 4.43. The van der Waals surface area contributed by atoms with Gasteiger partial charge in [-0.1, -0.05) is 97.1 Å². The summed E-state index contributed by atoms with van der Waals surface area (Å²) >= 11 is 0. The van der Waals surface area contributed by atoms with E-state index in [2.05, 4.69) is 0 Å². The van der Waals surface area contributed by atoms with E-state index in [1.54, 1.807) is 84.9 Å². The fourth-order valence-corrected chi connectivity index (χ4v) is 7.48. The molecule has 35 heavy (non-hydrogen) atoms. The second kappa shape index (κ2) is 8.75. The maximum atomic E-state index is 15.3. The van der Waals surface area contributed by atoms with E-state index in [0.29, 0.717) is 21.7 Å². The van der Waals surface area contributed by atoms with Gasteiger partial charge in [0.25, 0.3) is 0 Å². The molecule has 0 spiro atoms. The number of alkyl halides is 3. The average Bonchev–Trinajstić information content (AvgIpc) is 2.89. The molecule has 1 N–H and O–H groups in total. The Kier molecular flexibility index (Phi) is 5.74. The lowest BCUT2D eigenvalue weighted by Gasteiger charge is -2.25. The first-order valence-corrected chi connectivity index (χ1v) is 12.6. The highest BCUT2D eigenvalue weighted by Crippen LogP contribution is 2.49. The third-order valence-electron chi connectivity index (χ3n) is 6.05. The molecule has 6 heteroatoms. The lowest BCUT2D eigenvalue weighted by Crippen LogP contribution is -2.27. The zero-order chi connectivity index (χ0) is 24.6. The van der Waals surface area contributed by atoms with Gasteiger partial charge in [-0.3, -0.25) is 0 Å². The smallest absolute Gasteiger partial charge is 0.416 e. The molecule has 0 saturated carbocycles. The first-order chi connectivity index (χ1) is 16.8. The second-order valence-electron chi connectivity index (χ2n) is 8.20. The first kappa shape index (κ1) is 22.9. The lowest BCUT2D eigenvalue weighted by molar-refractivity contribution is -0.137. The molecule has 174 valence electrons. The van der Waals surface area contributed by atoms with Gasteiger partial charge in [0.15, 0.2) is 7.14 Å². The highest BCUT2D eigenvalue weighted by Gasteiger charge is 2.36. The predicted molar refractivity (Wildman–Crippen MR) is 135 cm³/mol. The number of benzene rings is 5. The van der Waals surface area contributed by atoms with Crippen molar-refractivity contribution in [1.82, 2.24) is 0 Å². The molecule has 0 saturated heterocycles. The Morgan fingerprint density at radius 2 is 1.14 bits per heavy atom. The van der Waals surface area contributed by atoms with Crippen LogP contribution in [-0.2, 0) is 10.7 Å². The number of fused-ring (bicyclic) bond motifs is 1. The van der Waals surface area contributed by atoms with E-state index in [0.717, 1.165) is 12.1 Å². The van der Waals surface area contributed by atoms with Crippen LogP contribution in [0, 0.1) is 0 Å². The van der Waals surface area contributed by atoms with Crippen LogP contribution in [0.25, 0.3) is 21.9 Å². The summed E-state index contributed by atoms with van der Waals surface area (Å²) < 4.78 is 56.7. The van der Waals surface area contributed by atoms with E-state index in [4.69, 9.17) is 0 Å². The van der Waals surface area contributed by atoms with Crippen molar-refractivity contribution < 1.29 is 22.8 Å². The van der Waals surface area contributed by atoms with Crippen molar-refractivity contribution in [2.24, 2.45) is 0 Å². The minimum absolute atomic E-state index is 0.106. The maximum Gasteiger partial charge on any atom is 0.416 e. The molecule has 5 aromatic rings. The summed E-state index contributed by atoms with van der Waals surface area (Å²) in [5.41, 5.74) is 0.193. The Bertz CT molecular complexity index is 1500. The van der Waals surface area contributed by atoms with E-state index in [9.17, 15) is 18.3 Å². The summed E-state index contributed by atoms with van der Waals surface area (Å²) in [6.07, 6.45) is -4.60. The second-order valence-corrected chi connectivity index (χ2v) is 10.9. The van der Waals surface area contributed by atoms with Crippen molar-refractivity contribution in [3.63, 3.8) is 0 Å². The summed E-state index contributed by atoms with van der Waals surface area (Å²) in [6, 6.07) is 31.2. The van der Waals surface area contributed by atoms with E-state index in [1.165, 1.54) is 12.1 Å². The third-order valence-corrected chi connectivity index (χ3v) is 9.22. The molecule has 0 bridgehead atoms. The summed E-state index contributed by atoms with van der Waals surface area (Å²) in [6.45, 7) is 0. The molecule has 0 unspecified atom stereocenters. The third kappa shape index (κ3) is 4.02. The van der Waals surface area contributed by atoms with Gasteiger partial charge in [-0.05, 0) is 34.7 Å². The average molecular weight is 488 g/mol. The molecule has 0 aliphatic carbocycles. The van der Waals surface area contributed by atoms with Gasteiger partial charge in [-0.2, -0.15) is 13.2 Å². The van der Waals surface area contributed by atoms with Crippen LogP contribution in [0.3, 0.4) is 0 Å². The van der Waals surface area contributed by atoms with Crippen LogP contribution < -0.4 is 15.9 Å². The molecular formula is C29H20F3O2P. The van der Waals surface area contributed by atoms with Crippen LogP contribution in [0.2, 0.25) is 0 Å². The van der Waals surface area contributed by atoms with E-state index < -0.39 is 18.9 Å². The molecular weight excluding hydrogens is 468 g/mol. The number of hydrogen-bond donors (Lipinski definition) is 1. The zero-order valence-corrected chi connectivity index (χ0v) is 19.3. The van der Waals surface area contributed by atoms with Gasteiger partial charge >= 0.3 is 6.18 Å². The van der Waals surface area contributed by atoms with Gasteiger partial charge in [0, 0.05) is 21.3 Å². The van der Waals surface area contributed by atoms with Gasteiger partial charge in [0.1, 0.15) is 5.75 Å². The molecule has 5 rings (SSSR count). The topological polar surface area (TPSA) is 37.3 Å². The van der Waals surface area contributed by atoms with E-state index >= 15 is 4.57 Å². The van der Waals surface area contributed by atoms with Crippen molar-refractivity contribution in [2.45, 2.75) is 6.18 Å². The van der Waals surface area contributed by atoms with Crippen LogP contribution in [0.5, 0.6) is 5.75 Å². The lowest BCUT2D eigenvalue weighted by atomic mass is 9.98. The molecule has 0 aromatic heterocycles. The molecule has 0 aliphatic heterocycles. The Hall–Kier alpha value is -3.82. The van der Waals surface area contributed by atoms with Crippen molar-refractivity contribution >= 4 is 33.8 Å². The van der Waals surface area contributed by atoms with E-state index in [-0.39, 0.29) is 21.8 Å². The Morgan fingerprint density at radius 3 is 1.66 bits per heavy atom. The number of aromatic hydroxyl groups is 1. The summed E-state index contributed by atoms with van der Waals surface area (Å²) in [5.74, 6) is -0.177. The number of halogens is 3. The number of phenols is 1. The Morgan fingerprint density at radius 1 is 0.629 bits per heavy atom. The molecule has 5 aromatic carbocycles. The van der Waals surface area contributed by atoms with Crippen LogP contribution in [0.4, 0.5) is 13.2 Å². The van der Waals surface area contributed by atoms with Crippen LogP contribution in [-0.4, -0.2) is 5.11 Å². The largest absolute Gasteiger partial charge is 0.507 e. The van der Waals surface area contributed by atoms with Crippen molar-refractivity contribution in [3.05, 3.63) is 121 Å². The molecule has 2 nitrogen and oxygen atoms in total. The fraction of sp³-hybridized carbons (Fsp3) is 0.0345. The standard InChI is InChI=1S/C29H20F3O2P/c30-29(31,32)21-16-17-24-26(18-21)28(25(19-27(24)33)20-10-4-1-5-11-20)35(34,22-12-6-2-7-13-22)23-14-8-3-9-15-23/h1-19,33H. The van der Waals surface area contributed by atoms with Crippen LogP contribution >= 0.6 is 7.14 Å². The SMILES string of the molecule is O=P(c1ccccc1)(c1ccccc1)c1c(-c2ccccc2)cc(O)c2ccc(C(F)(F)F)cc12. The zero-order valence-electron chi connectivity index (χ0n) is 18.4. The van der Waals surface area contributed by atoms with Gasteiger partial charge < -0.3 is 9.67 Å². The molecule has 0 aliphatic rings. The van der Waals surface area contributed by atoms with Crippen molar-refractivity contribution in [1.29, 1.82) is 0 Å². The van der Waals surface area contributed by atoms with E-state index in [1.807, 2.05) is 6.07 Å². The highest BCUT2D eigenvalue weighted by molar-refractivity contribution is 7.86. The minimum atomic E-state index is -4.60. The van der Waals surface area contributed by atoms with Gasteiger partial charge in [-0.25, -0.2) is 0 Å². The molecule has 0 amide bonds. The molecule has 0 heterocycles. The first-order valence-electron chi connectivity index (χ1n) is 10.9. The Balaban J connectivity index is 2.01. The quantitative estimate of drug-likeness (QED) is 0.280. The predicted octanol–water partition coefficient (Wildman–Crippen LogP) is 6.87. The molecule has 0 atom stereocenters. The van der Waals surface area contributed by atoms with Gasteiger partial charge in [-0.15, -0.1) is 0 Å². The summed E-state index contributed by atoms with van der Waals surface area (Å²) in [7, 11) is -3.70. The summed E-state index contributed by atoms with van der Waals surface area (Å²) in [4.78, 5) is 0. The normalized spacial score (nSPS) is 12.1. The van der Waals surface area contributed by atoms with Gasteiger partial charge in [0.05, 0.1) is 5.56 Å². The summed E-state index contributed by atoms with van der Waals surface area (Å²) in [5, 5.41) is 12.4. The Labute approximate surface area is 200 Å². The van der Waals surface area contributed by atoms with Crippen molar-refractivity contribution in [3.8, 4) is 16.9 Å². The van der Waals surface area contributed by atoms with Crippen molar-refractivity contribution in [2.75, 3.05) is 0 Å². The minimum Gasteiger partial charge on any atom is -0.507 e. The molecule has 0 radical (unpaired) electrons. The van der Waals surface area contributed by atoms with Crippen LogP contribution in [0.1, 0.15) is 5.56 Å². The van der Waals surface area contributed by atoms with Crippen LogP contribution in [0.15, 0.2) is 115 Å². The number of rotatable bonds is 4. The highest BCUT2D eigenvalue weighted by atomic mass is 31.2. The molecule has 0 fully saturated rings.